The quantitative estimate of drug-likeness (QED) is 0.195. The normalized spacial score (nSPS) is 24.8. The number of fused-ring (bicyclic) bond motifs is 2. The number of hydrogen-bond acceptors (Lipinski definition) is 7. The first-order chi connectivity index (χ1) is 24.4. The number of rotatable bonds is 3. The van der Waals surface area contributed by atoms with Crippen LogP contribution in [0.15, 0.2) is 77.4 Å². The van der Waals surface area contributed by atoms with Crippen molar-refractivity contribution in [3.63, 3.8) is 0 Å². The summed E-state index contributed by atoms with van der Waals surface area (Å²) in [6.45, 7) is 11.5. The van der Waals surface area contributed by atoms with Gasteiger partial charge in [0, 0.05) is 46.5 Å². The lowest BCUT2D eigenvalue weighted by molar-refractivity contribution is -0.137. The maximum atomic E-state index is 15.6. The van der Waals surface area contributed by atoms with Gasteiger partial charge in [-0.15, -0.1) is 0 Å². The summed E-state index contributed by atoms with van der Waals surface area (Å²) in [4.78, 5) is 29.8. The van der Waals surface area contributed by atoms with Crippen molar-refractivity contribution in [1.82, 2.24) is 20.4 Å². The zero-order valence-corrected chi connectivity index (χ0v) is 29.8. The number of ketones is 2. The number of nitriles is 1. The zero-order chi connectivity index (χ0) is 37.2. The van der Waals surface area contributed by atoms with Crippen LogP contribution in [-0.2, 0) is 26.6 Å². The molecule has 0 saturated heterocycles. The SMILES string of the molecule is CC1(C)CC(=O)C2=C(C1)Nc1[nH]ncc1C2(C)c1ccc(N2C3=C(C(=O)CC(C)(C)C3)C(C)(c3cccc(C#N)c3)c3cn[nH]c32)c(C(F)(F)F)c1. The summed E-state index contributed by atoms with van der Waals surface area (Å²) in [6, 6.07) is 13.4. The van der Waals surface area contributed by atoms with Gasteiger partial charge >= 0.3 is 6.18 Å². The molecule has 2 aliphatic carbocycles. The number of carbonyl (C=O) groups excluding carboxylic acids is 2. The Hall–Kier alpha value is -5.44. The van der Waals surface area contributed by atoms with Gasteiger partial charge in [-0.2, -0.15) is 28.6 Å². The van der Waals surface area contributed by atoms with Crippen LogP contribution in [0.25, 0.3) is 0 Å². The van der Waals surface area contributed by atoms with Crippen LogP contribution in [0.2, 0.25) is 0 Å². The molecule has 0 saturated carbocycles. The summed E-state index contributed by atoms with van der Waals surface area (Å²) in [5.41, 5.74) is 0.0770. The van der Waals surface area contributed by atoms with Gasteiger partial charge < -0.3 is 5.32 Å². The standard InChI is InChI=1S/C40H38F3N7O2/c1-36(2)14-27-32(30(51)16-36)38(5,25-19-45-48-34(25)47-27)23-10-11-28(24(13-23)40(41,42)43)50-29-15-37(3,4)17-31(52)33(29)39(6,26-20-46-49-35(26)50)22-9-7-8-21(12-22)18-44/h7-13,19-20H,14-17H2,1-6H3,(H,46,49)(H2,45,47,48). The van der Waals surface area contributed by atoms with Crippen LogP contribution in [0.3, 0.4) is 0 Å². The first-order valence-electron chi connectivity index (χ1n) is 17.3. The molecule has 3 N–H and O–H groups in total. The summed E-state index contributed by atoms with van der Waals surface area (Å²) < 4.78 is 46.8. The van der Waals surface area contributed by atoms with Crippen LogP contribution in [0.5, 0.6) is 0 Å². The minimum absolute atomic E-state index is 0.124. The number of aromatic nitrogens is 4. The van der Waals surface area contributed by atoms with Crippen molar-refractivity contribution >= 4 is 28.9 Å². The molecule has 12 heteroatoms. The molecule has 0 radical (unpaired) electrons. The fraction of sp³-hybridized carbons (Fsp3) is 0.375. The van der Waals surface area contributed by atoms with Gasteiger partial charge in [0.25, 0.3) is 0 Å². The first kappa shape index (κ1) is 33.7. The molecule has 8 rings (SSSR count). The van der Waals surface area contributed by atoms with Crippen molar-refractivity contribution in [1.29, 1.82) is 5.26 Å². The molecule has 2 atom stereocenters. The third-order valence-corrected chi connectivity index (χ3v) is 11.5. The maximum Gasteiger partial charge on any atom is 0.418 e. The fourth-order valence-electron chi connectivity index (χ4n) is 9.22. The molecule has 0 bridgehead atoms. The molecule has 2 unspecified atom stereocenters. The first-order valence-corrected chi connectivity index (χ1v) is 17.3. The number of hydrogen-bond donors (Lipinski definition) is 3. The van der Waals surface area contributed by atoms with Gasteiger partial charge in [-0.05, 0) is 72.9 Å². The van der Waals surface area contributed by atoms with E-state index in [2.05, 4.69) is 31.8 Å². The van der Waals surface area contributed by atoms with E-state index in [0.717, 1.165) is 6.07 Å². The summed E-state index contributed by atoms with van der Waals surface area (Å²) in [6.07, 6.45) is -0.403. The number of carbonyl (C=O) groups is 2. The highest BCUT2D eigenvalue weighted by Gasteiger charge is 2.53. The Kier molecular flexibility index (Phi) is 6.99. The number of nitrogens with one attached hydrogen (secondary N) is 3. The Morgan fingerprint density at radius 2 is 1.42 bits per heavy atom. The lowest BCUT2D eigenvalue weighted by Gasteiger charge is -2.48. The van der Waals surface area contributed by atoms with Crippen molar-refractivity contribution in [2.45, 2.75) is 84.2 Å². The van der Waals surface area contributed by atoms with Crippen LogP contribution in [0.4, 0.5) is 30.5 Å². The number of H-pyrrole nitrogens is 2. The summed E-state index contributed by atoms with van der Waals surface area (Å²) in [5, 5.41) is 27.5. The Balaban J connectivity index is 1.38. The second kappa shape index (κ2) is 10.8. The Bertz CT molecular complexity index is 2340. The van der Waals surface area contributed by atoms with E-state index in [0.29, 0.717) is 74.8 Å². The fourth-order valence-corrected chi connectivity index (χ4v) is 9.22. The molecule has 9 nitrogen and oxygen atoms in total. The predicted octanol–water partition coefficient (Wildman–Crippen LogP) is 8.50. The highest BCUT2D eigenvalue weighted by Crippen LogP contribution is 2.58. The van der Waals surface area contributed by atoms with E-state index in [9.17, 15) is 14.9 Å². The molecule has 2 aromatic carbocycles. The number of allylic oxidation sites excluding steroid dienone is 4. The van der Waals surface area contributed by atoms with Crippen molar-refractivity contribution in [2.24, 2.45) is 10.8 Å². The van der Waals surface area contributed by atoms with Gasteiger partial charge in [0.05, 0.1) is 46.1 Å². The largest absolute Gasteiger partial charge is 0.418 e. The summed E-state index contributed by atoms with van der Waals surface area (Å²) in [5.74, 6) is 0.555. The lowest BCUT2D eigenvalue weighted by Crippen LogP contribution is -2.45. The number of halogens is 3. The molecule has 4 heterocycles. The lowest BCUT2D eigenvalue weighted by atomic mass is 9.61. The van der Waals surface area contributed by atoms with Crippen LogP contribution >= 0.6 is 0 Å². The number of benzene rings is 2. The Morgan fingerprint density at radius 1 is 0.788 bits per heavy atom. The van der Waals surface area contributed by atoms with Gasteiger partial charge in [0.1, 0.15) is 11.6 Å². The monoisotopic (exact) mass is 705 g/mol. The highest BCUT2D eigenvalue weighted by atomic mass is 19.4. The summed E-state index contributed by atoms with van der Waals surface area (Å²) in [7, 11) is 0. The second-order valence-electron chi connectivity index (χ2n) is 16.5. The molecule has 0 fully saturated rings. The zero-order valence-electron chi connectivity index (χ0n) is 29.8. The van der Waals surface area contributed by atoms with Crippen molar-refractivity contribution < 1.29 is 22.8 Å². The van der Waals surface area contributed by atoms with Gasteiger partial charge in [-0.1, -0.05) is 45.9 Å². The van der Waals surface area contributed by atoms with E-state index in [4.69, 9.17) is 0 Å². The van der Waals surface area contributed by atoms with Crippen molar-refractivity contribution in [3.8, 4) is 6.07 Å². The van der Waals surface area contributed by atoms with Crippen molar-refractivity contribution in [2.75, 3.05) is 10.2 Å². The molecule has 4 aliphatic rings. The molecule has 52 heavy (non-hydrogen) atoms. The van der Waals surface area contributed by atoms with Crippen LogP contribution < -0.4 is 10.2 Å². The number of nitrogens with zero attached hydrogens (tertiary/aromatic N) is 4. The summed E-state index contributed by atoms with van der Waals surface area (Å²) >= 11 is 0. The third-order valence-electron chi connectivity index (χ3n) is 11.5. The van der Waals surface area contributed by atoms with Gasteiger partial charge in [0.2, 0.25) is 0 Å². The van der Waals surface area contributed by atoms with Crippen LogP contribution in [0, 0.1) is 22.2 Å². The van der Waals surface area contributed by atoms with E-state index in [1.54, 1.807) is 43.6 Å². The molecule has 266 valence electrons. The number of Topliss-reactive ketones (excluding diaryl/α,β-unsaturated/α-hetero) is 2. The van der Waals surface area contributed by atoms with E-state index < -0.39 is 28.0 Å². The average molecular weight is 706 g/mol. The van der Waals surface area contributed by atoms with Crippen LogP contribution in [-0.4, -0.2) is 32.0 Å². The number of alkyl halides is 3. The van der Waals surface area contributed by atoms with E-state index in [1.165, 1.54) is 11.0 Å². The highest BCUT2D eigenvalue weighted by molar-refractivity contribution is 6.04. The average Bonchev–Trinajstić information content (AvgIpc) is 3.74. The van der Waals surface area contributed by atoms with E-state index in [1.807, 2.05) is 40.7 Å². The minimum atomic E-state index is -4.83. The number of aromatic amines is 2. The Labute approximate surface area is 299 Å². The smallest absolute Gasteiger partial charge is 0.343 e. The minimum Gasteiger partial charge on any atom is -0.343 e. The molecule has 2 aromatic heterocycles. The Morgan fingerprint density at radius 3 is 2.13 bits per heavy atom. The van der Waals surface area contributed by atoms with Crippen LogP contribution in [0.1, 0.15) is 101 Å². The molecule has 0 amide bonds. The van der Waals surface area contributed by atoms with Gasteiger partial charge in [0.15, 0.2) is 11.6 Å². The van der Waals surface area contributed by atoms with E-state index in [-0.39, 0.29) is 35.5 Å². The van der Waals surface area contributed by atoms with Gasteiger partial charge in [-0.25, -0.2) is 0 Å². The molecule has 0 spiro atoms. The topological polar surface area (TPSA) is 131 Å². The molecule has 4 aromatic rings. The third kappa shape index (κ3) is 4.74. The molecular weight excluding hydrogens is 667 g/mol. The predicted molar refractivity (Wildman–Crippen MR) is 189 cm³/mol. The molecule has 2 aliphatic heterocycles. The van der Waals surface area contributed by atoms with Gasteiger partial charge in [-0.3, -0.25) is 24.7 Å². The second-order valence-corrected chi connectivity index (χ2v) is 16.5. The van der Waals surface area contributed by atoms with E-state index >= 15 is 13.2 Å². The molecular formula is C40H38F3N7O2. The van der Waals surface area contributed by atoms with Crippen molar-refractivity contribution in [3.05, 3.63) is 111 Å². The maximum absolute atomic E-state index is 15.6. The number of anilines is 3.